The van der Waals surface area contributed by atoms with E-state index in [2.05, 4.69) is 9.82 Å². The summed E-state index contributed by atoms with van der Waals surface area (Å²) in [7, 11) is -3.41. The topological polar surface area (TPSA) is 101 Å². The predicted octanol–water partition coefficient (Wildman–Crippen LogP) is 0.401. The van der Waals surface area contributed by atoms with Gasteiger partial charge in [-0.3, -0.25) is 9.48 Å². The molecule has 2 saturated carbocycles. The van der Waals surface area contributed by atoms with Gasteiger partial charge in [-0.1, -0.05) is 0 Å². The molecule has 0 bridgehead atoms. The number of rotatable bonds is 8. The molecule has 116 valence electrons. The summed E-state index contributed by atoms with van der Waals surface area (Å²) in [6.07, 6.45) is 4.70. The molecule has 1 aromatic heterocycles. The second kappa shape index (κ2) is 5.42. The molecule has 0 radical (unpaired) electrons. The van der Waals surface area contributed by atoms with E-state index in [9.17, 15) is 13.2 Å². The van der Waals surface area contributed by atoms with Gasteiger partial charge >= 0.3 is 5.97 Å². The van der Waals surface area contributed by atoms with Crippen LogP contribution in [0.1, 0.15) is 30.9 Å². The van der Waals surface area contributed by atoms with Crippen LogP contribution >= 0.6 is 0 Å². The summed E-state index contributed by atoms with van der Waals surface area (Å²) in [4.78, 5) is 10.7. The summed E-state index contributed by atoms with van der Waals surface area (Å²) in [5, 5.41) is 13.2. The number of sulfonamides is 1. The lowest BCUT2D eigenvalue weighted by molar-refractivity contribution is -0.138. The fourth-order valence-corrected chi connectivity index (χ4v) is 3.94. The first-order valence-electron chi connectivity index (χ1n) is 7.18. The highest BCUT2D eigenvalue weighted by Gasteiger charge is 2.45. The molecule has 1 aromatic rings. The summed E-state index contributed by atoms with van der Waals surface area (Å²) in [5.74, 6) is -1.15. The van der Waals surface area contributed by atoms with Crippen molar-refractivity contribution >= 4 is 16.0 Å². The van der Waals surface area contributed by atoms with Crippen LogP contribution in [0.3, 0.4) is 0 Å². The summed E-state index contributed by atoms with van der Waals surface area (Å²) < 4.78 is 27.9. The monoisotopic (exact) mass is 313 g/mol. The molecule has 0 unspecified atom stereocenters. The zero-order valence-corrected chi connectivity index (χ0v) is 12.4. The quantitative estimate of drug-likeness (QED) is 0.723. The minimum absolute atomic E-state index is 0.101. The van der Waals surface area contributed by atoms with Crippen molar-refractivity contribution in [3.63, 3.8) is 0 Å². The van der Waals surface area contributed by atoms with Crippen LogP contribution in [0.5, 0.6) is 0 Å². The molecule has 2 aliphatic rings. The second-order valence-corrected chi connectivity index (χ2v) is 7.75. The molecule has 0 amide bonds. The van der Waals surface area contributed by atoms with Crippen LogP contribution in [-0.2, 0) is 21.4 Å². The third-order valence-corrected chi connectivity index (χ3v) is 5.50. The summed E-state index contributed by atoms with van der Waals surface area (Å²) >= 11 is 0. The summed E-state index contributed by atoms with van der Waals surface area (Å²) in [6.45, 7) is 0.761. The number of aromatic nitrogens is 2. The van der Waals surface area contributed by atoms with E-state index < -0.39 is 21.9 Å². The van der Waals surface area contributed by atoms with Crippen LogP contribution in [0.25, 0.3) is 0 Å². The lowest BCUT2D eigenvalue weighted by Crippen LogP contribution is -2.30. The van der Waals surface area contributed by atoms with Gasteiger partial charge in [0.05, 0.1) is 23.9 Å². The van der Waals surface area contributed by atoms with E-state index in [0.717, 1.165) is 5.69 Å². The maximum absolute atomic E-state index is 11.8. The van der Waals surface area contributed by atoms with Gasteiger partial charge < -0.3 is 5.11 Å². The van der Waals surface area contributed by atoms with Crippen molar-refractivity contribution in [1.29, 1.82) is 0 Å². The molecule has 2 atom stereocenters. The van der Waals surface area contributed by atoms with E-state index in [1.165, 1.54) is 12.8 Å². The van der Waals surface area contributed by atoms with Crippen molar-refractivity contribution in [2.24, 2.45) is 11.8 Å². The fraction of sp³-hybridized carbons (Fsp3) is 0.692. The van der Waals surface area contributed by atoms with Crippen LogP contribution < -0.4 is 4.72 Å². The Hall–Kier alpha value is -1.41. The van der Waals surface area contributed by atoms with E-state index >= 15 is 0 Å². The zero-order chi connectivity index (χ0) is 15.0. The molecule has 21 heavy (non-hydrogen) atoms. The normalized spacial score (nSPS) is 25.0. The lowest BCUT2D eigenvalue weighted by atomic mass is 10.3. The Bertz CT molecular complexity index is 636. The number of aliphatic carboxylic acids is 1. The Morgan fingerprint density at radius 3 is 2.86 bits per heavy atom. The number of nitrogens with zero attached hydrogens (tertiary/aromatic N) is 2. The molecule has 7 nitrogen and oxygen atoms in total. The highest BCUT2D eigenvalue weighted by molar-refractivity contribution is 7.89. The Kier molecular flexibility index (Phi) is 3.75. The van der Waals surface area contributed by atoms with Crippen LogP contribution in [0, 0.1) is 11.8 Å². The standard InChI is InChI=1S/C13H19N3O4S/c17-13(18)11-7-10(11)8-21(19,20)14-4-6-16-5-3-12(15-16)9-1-2-9/h3,5,9-11,14H,1-2,4,6-8H2,(H,17,18)/t10-,11-/m1/s1. The molecule has 2 aliphatic carbocycles. The van der Waals surface area contributed by atoms with E-state index in [1.54, 1.807) is 4.68 Å². The third kappa shape index (κ3) is 3.82. The molecule has 0 aliphatic heterocycles. The van der Waals surface area contributed by atoms with Crippen LogP contribution in [-0.4, -0.2) is 41.6 Å². The van der Waals surface area contributed by atoms with Crippen molar-refractivity contribution < 1.29 is 18.3 Å². The van der Waals surface area contributed by atoms with Crippen molar-refractivity contribution in [3.05, 3.63) is 18.0 Å². The minimum Gasteiger partial charge on any atom is -0.481 e. The predicted molar refractivity (Wildman–Crippen MR) is 75.2 cm³/mol. The minimum atomic E-state index is -3.41. The fourth-order valence-electron chi connectivity index (χ4n) is 2.49. The average Bonchev–Trinajstić information content (AvgIpc) is 3.30. The van der Waals surface area contributed by atoms with Gasteiger partial charge in [-0.25, -0.2) is 13.1 Å². The van der Waals surface area contributed by atoms with Gasteiger partial charge in [0.1, 0.15) is 0 Å². The average molecular weight is 313 g/mol. The van der Waals surface area contributed by atoms with Gasteiger partial charge in [-0.15, -0.1) is 0 Å². The molecule has 1 heterocycles. The molecule has 2 fully saturated rings. The number of carboxylic acid groups (broad SMARTS) is 1. The molecule has 0 aromatic carbocycles. The molecule has 0 spiro atoms. The first-order chi connectivity index (χ1) is 9.94. The number of nitrogens with one attached hydrogen (secondary N) is 1. The van der Waals surface area contributed by atoms with Crippen molar-refractivity contribution in [2.75, 3.05) is 12.3 Å². The lowest BCUT2D eigenvalue weighted by Gasteiger charge is -2.06. The van der Waals surface area contributed by atoms with Crippen molar-refractivity contribution in [3.8, 4) is 0 Å². The van der Waals surface area contributed by atoms with Gasteiger partial charge in [-0.05, 0) is 31.2 Å². The molecule has 2 N–H and O–H groups in total. The molecule has 3 rings (SSSR count). The van der Waals surface area contributed by atoms with Crippen LogP contribution in [0.2, 0.25) is 0 Å². The Morgan fingerprint density at radius 2 is 2.24 bits per heavy atom. The van der Waals surface area contributed by atoms with E-state index in [1.807, 2.05) is 12.3 Å². The smallest absolute Gasteiger partial charge is 0.306 e. The summed E-state index contributed by atoms with van der Waals surface area (Å²) in [6, 6.07) is 1.98. The molecular formula is C13H19N3O4S. The number of carbonyl (C=O) groups is 1. The van der Waals surface area contributed by atoms with Gasteiger partial charge in [0.15, 0.2) is 0 Å². The molecular weight excluding hydrogens is 294 g/mol. The maximum atomic E-state index is 11.8. The summed E-state index contributed by atoms with van der Waals surface area (Å²) in [5.41, 5.74) is 1.08. The Morgan fingerprint density at radius 1 is 1.48 bits per heavy atom. The first-order valence-corrected chi connectivity index (χ1v) is 8.83. The Labute approximate surface area is 123 Å². The SMILES string of the molecule is O=C(O)[C@@H]1C[C@@H]1CS(=O)(=O)NCCn1ccc(C2CC2)n1. The van der Waals surface area contributed by atoms with Gasteiger partial charge in [0, 0.05) is 18.7 Å². The van der Waals surface area contributed by atoms with Crippen molar-refractivity contribution in [2.45, 2.75) is 31.7 Å². The number of hydrogen-bond acceptors (Lipinski definition) is 4. The van der Waals surface area contributed by atoms with Crippen LogP contribution in [0.4, 0.5) is 0 Å². The van der Waals surface area contributed by atoms with Gasteiger partial charge in [-0.2, -0.15) is 5.10 Å². The second-order valence-electron chi connectivity index (χ2n) is 5.89. The Balaban J connectivity index is 1.42. The highest BCUT2D eigenvalue weighted by atomic mass is 32.2. The van der Waals surface area contributed by atoms with E-state index in [0.29, 0.717) is 18.9 Å². The van der Waals surface area contributed by atoms with Crippen molar-refractivity contribution in [1.82, 2.24) is 14.5 Å². The highest BCUT2D eigenvalue weighted by Crippen LogP contribution is 2.39. The van der Waals surface area contributed by atoms with E-state index in [4.69, 9.17) is 5.11 Å². The van der Waals surface area contributed by atoms with Crippen LogP contribution in [0.15, 0.2) is 12.3 Å². The number of hydrogen-bond donors (Lipinski definition) is 2. The van der Waals surface area contributed by atoms with E-state index in [-0.39, 0.29) is 18.2 Å². The maximum Gasteiger partial charge on any atom is 0.306 e. The molecule has 8 heteroatoms. The zero-order valence-electron chi connectivity index (χ0n) is 11.6. The third-order valence-electron chi connectivity index (χ3n) is 3.99. The van der Waals surface area contributed by atoms with Gasteiger partial charge in [0.2, 0.25) is 10.0 Å². The largest absolute Gasteiger partial charge is 0.481 e. The van der Waals surface area contributed by atoms with Gasteiger partial charge in [0.25, 0.3) is 0 Å². The first kappa shape index (κ1) is 14.5. The number of carboxylic acids is 1. The molecule has 0 saturated heterocycles.